The fourth-order valence-electron chi connectivity index (χ4n) is 4.14. The van der Waals surface area contributed by atoms with Gasteiger partial charge in [0.05, 0.1) is 23.0 Å². The number of aromatic nitrogens is 2. The van der Waals surface area contributed by atoms with Crippen LogP contribution in [0.2, 0.25) is 10.0 Å². The summed E-state index contributed by atoms with van der Waals surface area (Å²) in [4.78, 5) is 0. The molecule has 0 amide bonds. The minimum absolute atomic E-state index is 0.238. The van der Waals surface area contributed by atoms with Gasteiger partial charge in [-0.2, -0.15) is 5.10 Å². The molecule has 1 N–H and O–H groups in total. The number of hydrogen-bond donors (Lipinski definition) is 1. The molecule has 3 aromatic carbocycles. The van der Waals surface area contributed by atoms with E-state index in [-0.39, 0.29) is 5.92 Å². The van der Waals surface area contributed by atoms with Gasteiger partial charge in [0.25, 0.3) is 0 Å². The first-order chi connectivity index (χ1) is 14.0. The van der Waals surface area contributed by atoms with Gasteiger partial charge in [-0.3, -0.25) is 0 Å². The van der Waals surface area contributed by atoms with Crippen LogP contribution >= 0.6 is 23.2 Å². The minimum atomic E-state index is -0.947. The molecule has 1 aliphatic rings. The Morgan fingerprint density at radius 1 is 0.966 bits per heavy atom. The molecule has 5 rings (SSSR count). The Morgan fingerprint density at radius 2 is 1.69 bits per heavy atom. The maximum atomic E-state index is 11.7. The van der Waals surface area contributed by atoms with E-state index >= 15 is 0 Å². The zero-order valence-electron chi connectivity index (χ0n) is 15.7. The highest BCUT2D eigenvalue weighted by atomic mass is 35.5. The molecule has 1 heterocycles. The molecule has 146 valence electrons. The number of halogens is 2. The van der Waals surface area contributed by atoms with Crippen LogP contribution in [0.4, 0.5) is 0 Å². The largest absolute Gasteiger partial charge is 0.385 e. The second-order valence-electron chi connectivity index (χ2n) is 7.82. The van der Waals surface area contributed by atoms with Gasteiger partial charge in [0, 0.05) is 21.9 Å². The molecule has 1 saturated carbocycles. The standard InChI is InChI=1S/C24H20Cl2N2O/c25-20-10-16(11-21(26)13-20)14-24(29,18-6-7-18)19-8-9-23-17(12-19)15-27-28(23)22-4-2-1-3-5-22/h1-5,8-13,15,18,29H,6-7,14H2. The van der Waals surface area contributed by atoms with Crippen LogP contribution < -0.4 is 0 Å². The molecule has 5 heteroatoms. The Morgan fingerprint density at radius 3 is 2.38 bits per heavy atom. The van der Waals surface area contributed by atoms with Crippen molar-refractivity contribution in [3.05, 3.63) is 94.1 Å². The molecular weight excluding hydrogens is 403 g/mol. The molecule has 3 nitrogen and oxygen atoms in total. The van der Waals surface area contributed by atoms with Crippen molar-refractivity contribution >= 4 is 34.1 Å². The molecule has 0 radical (unpaired) electrons. The summed E-state index contributed by atoms with van der Waals surface area (Å²) >= 11 is 12.4. The first kappa shape index (κ1) is 18.7. The lowest BCUT2D eigenvalue weighted by Gasteiger charge is -2.29. The molecule has 1 unspecified atom stereocenters. The summed E-state index contributed by atoms with van der Waals surface area (Å²) in [5, 5.41) is 18.5. The summed E-state index contributed by atoms with van der Waals surface area (Å²) in [5.74, 6) is 0.238. The molecule has 4 aromatic rings. The van der Waals surface area contributed by atoms with Crippen LogP contribution in [0.25, 0.3) is 16.6 Å². The Labute approximate surface area is 179 Å². The van der Waals surface area contributed by atoms with Crippen LogP contribution in [0.15, 0.2) is 72.9 Å². The van der Waals surface area contributed by atoms with Gasteiger partial charge in [0.15, 0.2) is 0 Å². The summed E-state index contributed by atoms with van der Waals surface area (Å²) in [5.41, 5.74) is 2.94. The van der Waals surface area contributed by atoms with E-state index in [1.165, 1.54) is 0 Å². The van der Waals surface area contributed by atoms with Gasteiger partial charge in [-0.1, -0.05) is 47.5 Å². The molecule has 0 spiro atoms. The van der Waals surface area contributed by atoms with E-state index in [0.29, 0.717) is 16.5 Å². The average molecular weight is 423 g/mol. The van der Waals surface area contributed by atoms with Crippen LogP contribution in [0.1, 0.15) is 24.0 Å². The molecule has 0 aliphatic heterocycles. The topological polar surface area (TPSA) is 38.1 Å². The lowest BCUT2D eigenvalue weighted by molar-refractivity contribution is 0.0133. The van der Waals surface area contributed by atoms with E-state index in [1.807, 2.05) is 65.5 Å². The third kappa shape index (κ3) is 3.55. The van der Waals surface area contributed by atoms with Gasteiger partial charge in [-0.15, -0.1) is 0 Å². The maximum absolute atomic E-state index is 11.7. The van der Waals surface area contributed by atoms with E-state index in [9.17, 15) is 5.11 Å². The second-order valence-corrected chi connectivity index (χ2v) is 8.69. The number of hydrogen-bond acceptors (Lipinski definition) is 2. The quantitative estimate of drug-likeness (QED) is 0.417. The maximum Gasteiger partial charge on any atom is 0.0964 e. The van der Waals surface area contributed by atoms with Crippen molar-refractivity contribution in [2.75, 3.05) is 0 Å². The predicted octanol–water partition coefficient (Wildman–Crippen LogP) is 6.17. The average Bonchev–Trinajstić information content (AvgIpc) is 3.48. The van der Waals surface area contributed by atoms with Crippen molar-refractivity contribution in [1.82, 2.24) is 9.78 Å². The summed E-state index contributed by atoms with van der Waals surface area (Å²) < 4.78 is 1.92. The second kappa shape index (κ2) is 7.17. The van der Waals surface area contributed by atoms with Crippen molar-refractivity contribution < 1.29 is 5.11 Å². The Kier molecular flexibility index (Phi) is 4.62. The Bertz CT molecular complexity index is 1160. The highest BCUT2D eigenvalue weighted by Gasteiger charge is 2.45. The molecular formula is C24H20Cl2N2O. The molecule has 0 bridgehead atoms. The predicted molar refractivity (Wildman–Crippen MR) is 118 cm³/mol. The monoisotopic (exact) mass is 422 g/mol. The fraction of sp³-hybridized carbons (Fsp3) is 0.208. The number of para-hydroxylation sites is 1. The van der Waals surface area contributed by atoms with Crippen LogP contribution in [0.5, 0.6) is 0 Å². The number of fused-ring (bicyclic) bond motifs is 1. The summed E-state index contributed by atoms with van der Waals surface area (Å²) in [6.45, 7) is 0. The lowest BCUT2D eigenvalue weighted by atomic mass is 9.82. The smallest absolute Gasteiger partial charge is 0.0964 e. The first-order valence-corrected chi connectivity index (χ1v) is 10.5. The molecule has 1 aromatic heterocycles. The van der Waals surface area contributed by atoms with E-state index < -0.39 is 5.60 Å². The number of rotatable bonds is 5. The molecule has 0 saturated heterocycles. The highest BCUT2D eigenvalue weighted by molar-refractivity contribution is 6.34. The van der Waals surface area contributed by atoms with Gasteiger partial charge in [0.1, 0.15) is 0 Å². The van der Waals surface area contributed by atoms with E-state index in [2.05, 4.69) is 11.2 Å². The van der Waals surface area contributed by atoms with Gasteiger partial charge in [-0.05, 0) is 72.4 Å². The Hall–Kier alpha value is -2.33. The van der Waals surface area contributed by atoms with Gasteiger partial charge in [-0.25, -0.2) is 4.68 Å². The highest BCUT2D eigenvalue weighted by Crippen LogP contribution is 2.48. The zero-order valence-corrected chi connectivity index (χ0v) is 17.2. The first-order valence-electron chi connectivity index (χ1n) is 9.74. The van der Waals surface area contributed by atoms with Gasteiger partial charge >= 0.3 is 0 Å². The summed E-state index contributed by atoms with van der Waals surface area (Å²) in [7, 11) is 0. The zero-order chi connectivity index (χ0) is 20.0. The third-order valence-electron chi connectivity index (χ3n) is 5.72. The van der Waals surface area contributed by atoms with Crippen molar-refractivity contribution in [3.8, 4) is 5.69 Å². The lowest BCUT2D eigenvalue weighted by Crippen LogP contribution is -2.31. The SMILES string of the molecule is OC(Cc1cc(Cl)cc(Cl)c1)(c1ccc2c(cnn2-c2ccccc2)c1)C1CC1. The van der Waals surface area contributed by atoms with E-state index in [0.717, 1.165) is 40.6 Å². The summed E-state index contributed by atoms with van der Waals surface area (Å²) in [6, 6.07) is 21.7. The van der Waals surface area contributed by atoms with Crippen LogP contribution in [-0.4, -0.2) is 14.9 Å². The van der Waals surface area contributed by atoms with Crippen LogP contribution in [0.3, 0.4) is 0 Å². The normalized spacial score (nSPS) is 16.1. The third-order valence-corrected chi connectivity index (χ3v) is 6.15. The molecule has 29 heavy (non-hydrogen) atoms. The van der Waals surface area contributed by atoms with E-state index in [4.69, 9.17) is 23.2 Å². The van der Waals surface area contributed by atoms with Gasteiger partial charge < -0.3 is 5.11 Å². The number of benzene rings is 3. The summed E-state index contributed by atoms with van der Waals surface area (Å²) in [6.07, 6.45) is 4.38. The fourth-order valence-corrected chi connectivity index (χ4v) is 4.72. The molecule has 1 fully saturated rings. The van der Waals surface area contributed by atoms with Crippen molar-refractivity contribution in [2.24, 2.45) is 5.92 Å². The van der Waals surface area contributed by atoms with Gasteiger partial charge in [0.2, 0.25) is 0 Å². The number of aliphatic hydroxyl groups is 1. The molecule has 1 aliphatic carbocycles. The van der Waals surface area contributed by atoms with E-state index in [1.54, 1.807) is 6.07 Å². The van der Waals surface area contributed by atoms with Crippen LogP contribution in [-0.2, 0) is 12.0 Å². The Balaban J connectivity index is 1.55. The van der Waals surface area contributed by atoms with Crippen LogP contribution in [0, 0.1) is 5.92 Å². The van der Waals surface area contributed by atoms with Crippen molar-refractivity contribution in [3.63, 3.8) is 0 Å². The van der Waals surface area contributed by atoms with Crippen molar-refractivity contribution in [1.29, 1.82) is 0 Å². The molecule has 1 atom stereocenters. The number of nitrogens with zero attached hydrogens (tertiary/aromatic N) is 2. The minimum Gasteiger partial charge on any atom is -0.385 e. The van der Waals surface area contributed by atoms with Crippen molar-refractivity contribution in [2.45, 2.75) is 24.9 Å².